The van der Waals surface area contributed by atoms with Gasteiger partial charge in [-0.25, -0.2) is 0 Å². The minimum Gasteiger partial charge on any atom is -0.336 e. The summed E-state index contributed by atoms with van der Waals surface area (Å²) in [4.78, 5) is 31.2. The quantitative estimate of drug-likeness (QED) is 0.258. The van der Waals surface area contributed by atoms with Crippen LogP contribution in [0, 0.1) is 11.8 Å². The highest BCUT2D eigenvalue weighted by Gasteiger charge is 2.43. The van der Waals surface area contributed by atoms with E-state index in [-0.39, 0.29) is 35.1 Å². The maximum Gasteiger partial charge on any atom is 0.219 e. The molecule has 2 saturated heterocycles. The van der Waals surface area contributed by atoms with E-state index in [9.17, 15) is 9.59 Å². The van der Waals surface area contributed by atoms with E-state index < -0.39 is 0 Å². The van der Waals surface area contributed by atoms with E-state index in [4.69, 9.17) is 23.2 Å². The van der Waals surface area contributed by atoms with Gasteiger partial charge in [0, 0.05) is 44.6 Å². The van der Waals surface area contributed by atoms with Crippen LogP contribution in [0.4, 0.5) is 0 Å². The van der Waals surface area contributed by atoms with E-state index >= 15 is 0 Å². The van der Waals surface area contributed by atoms with E-state index in [1.54, 1.807) is 6.92 Å². The summed E-state index contributed by atoms with van der Waals surface area (Å²) in [5.74, 6) is 0.391. The van der Waals surface area contributed by atoms with E-state index in [0.29, 0.717) is 16.5 Å². The Morgan fingerprint density at radius 1 is 0.976 bits per heavy atom. The van der Waals surface area contributed by atoms with Crippen LogP contribution in [-0.4, -0.2) is 54.7 Å². The molecule has 2 fully saturated rings. The zero-order chi connectivity index (χ0) is 29.7. The molecule has 2 aliphatic heterocycles. The fourth-order valence-electron chi connectivity index (χ4n) is 7.08. The number of rotatable bonds is 9. The van der Waals surface area contributed by atoms with Crippen LogP contribution in [0.5, 0.6) is 0 Å². The smallest absolute Gasteiger partial charge is 0.219 e. The Balaban J connectivity index is 1.49. The summed E-state index contributed by atoms with van der Waals surface area (Å²) in [5, 5.41) is 4.59. The average Bonchev–Trinajstić information content (AvgIpc) is 3.04. The number of benzene rings is 3. The highest BCUT2D eigenvalue weighted by atomic mass is 35.5. The molecule has 42 heavy (non-hydrogen) atoms. The number of amides is 1. The van der Waals surface area contributed by atoms with Crippen LogP contribution in [-0.2, 0) is 10.3 Å². The number of hydrogen-bond acceptors (Lipinski definition) is 4. The van der Waals surface area contributed by atoms with Crippen LogP contribution in [0.15, 0.2) is 78.9 Å². The molecule has 3 aromatic carbocycles. The lowest BCUT2D eigenvalue weighted by atomic mass is 9.75. The third-order valence-corrected chi connectivity index (χ3v) is 10.3. The minimum atomic E-state index is -0.377. The van der Waals surface area contributed by atoms with Gasteiger partial charge in [-0.1, -0.05) is 89.9 Å². The molecule has 222 valence electrons. The van der Waals surface area contributed by atoms with Crippen LogP contribution in [0.3, 0.4) is 0 Å². The lowest BCUT2D eigenvalue weighted by molar-refractivity contribution is -0.136. The van der Waals surface area contributed by atoms with Crippen LogP contribution < -0.4 is 5.32 Å². The molecule has 7 heteroatoms. The van der Waals surface area contributed by atoms with Crippen molar-refractivity contribution < 1.29 is 9.59 Å². The van der Waals surface area contributed by atoms with Gasteiger partial charge in [-0.2, -0.15) is 0 Å². The predicted molar refractivity (Wildman–Crippen MR) is 171 cm³/mol. The Morgan fingerprint density at radius 3 is 2.24 bits per heavy atom. The molecular formula is C35H41Cl2N3O2. The summed E-state index contributed by atoms with van der Waals surface area (Å²) >= 11 is 12.9. The molecule has 5 rings (SSSR count). The Hall–Kier alpha value is -2.70. The summed E-state index contributed by atoms with van der Waals surface area (Å²) in [5.41, 5.74) is 2.63. The number of halogens is 2. The molecular weight excluding hydrogens is 565 g/mol. The summed E-state index contributed by atoms with van der Waals surface area (Å²) in [6.07, 6.45) is 4.39. The number of piperidine rings is 2. The molecule has 0 saturated carbocycles. The number of likely N-dealkylation sites (tertiary alicyclic amines) is 1. The van der Waals surface area contributed by atoms with Gasteiger partial charge in [0.15, 0.2) is 5.78 Å². The highest BCUT2D eigenvalue weighted by molar-refractivity contribution is 6.42. The third kappa shape index (κ3) is 6.60. The molecule has 0 aromatic heterocycles. The molecule has 5 nitrogen and oxygen atoms in total. The average molecular weight is 607 g/mol. The zero-order valence-corrected chi connectivity index (χ0v) is 26.1. The standard InChI is InChI=1S/C35H41Cl2N3O2/c1-25(41)39(2)35(29-13-7-4-8-14-29)17-20-40(21-18-35)33(27-15-16-31(36)32(37)22-27)23-30(28-12-9-19-38-24-28)34(42)26-10-5-3-6-11-26/h3-8,10-11,13-16,22,28,30,33,38H,9,12,17-21,23-24H2,1-2H3. The third-order valence-electron chi connectivity index (χ3n) is 9.60. The molecule has 0 bridgehead atoms. The van der Waals surface area contributed by atoms with Gasteiger partial charge in [0.05, 0.1) is 15.6 Å². The lowest BCUT2D eigenvalue weighted by Crippen LogP contribution is -2.54. The molecule has 0 spiro atoms. The number of hydrogen-bond donors (Lipinski definition) is 1. The topological polar surface area (TPSA) is 52.7 Å². The summed E-state index contributed by atoms with van der Waals surface area (Å²) in [6.45, 7) is 5.06. The van der Waals surface area contributed by atoms with E-state index in [2.05, 4.69) is 28.4 Å². The first-order valence-electron chi connectivity index (χ1n) is 15.1. The Kier molecular flexibility index (Phi) is 10.1. The number of carbonyl (C=O) groups is 2. The van der Waals surface area contributed by atoms with Crippen LogP contribution in [0.2, 0.25) is 10.0 Å². The normalized spacial score (nSPS) is 20.4. The number of carbonyl (C=O) groups excluding carboxylic acids is 2. The SMILES string of the molecule is CC(=O)N(C)C1(c2ccccc2)CCN(C(CC(C(=O)c2ccccc2)C2CCCNC2)c2ccc(Cl)c(Cl)c2)CC1. The van der Waals surface area contributed by atoms with Crippen molar-refractivity contribution in [3.63, 3.8) is 0 Å². The summed E-state index contributed by atoms with van der Waals surface area (Å²) in [7, 11) is 1.92. The van der Waals surface area contributed by atoms with Crippen LogP contribution in [0.25, 0.3) is 0 Å². The van der Waals surface area contributed by atoms with Crippen molar-refractivity contribution in [2.24, 2.45) is 11.8 Å². The predicted octanol–water partition coefficient (Wildman–Crippen LogP) is 7.39. The Labute approximate surface area is 260 Å². The zero-order valence-electron chi connectivity index (χ0n) is 24.6. The molecule has 3 unspecified atom stereocenters. The molecule has 1 amide bonds. The number of ketones is 1. The molecule has 3 atom stereocenters. The molecule has 3 aromatic rings. The largest absolute Gasteiger partial charge is 0.336 e. The van der Waals surface area contributed by atoms with Crippen molar-refractivity contribution in [2.45, 2.75) is 50.6 Å². The lowest BCUT2D eigenvalue weighted by Gasteiger charge is -2.49. The fraction of sp³-hybridized carbons (Fsp3) is 0.429. The van der Waals surface area contributed by atoms with Crippen molar-refractivity contribution in [3.8, 4) is 0 Å². The first-order chi connectivity index (χ1) is 20.3. The Morgan fingerprint density at radius 2 is 1.64 bits per heavy atom. The summed E-state index contributed by atoms with van der Waals surface area (Å²) < 4.78 is 0. The molecule has 2 heterocycles. The number of Topliss-reactive ketones (excluding diaryl/α,β-unsaturated/α-hetero) is 1. The molecule has 2 aliphatic rings. The molecule has 1 N–H and O–H groups in total. The maximum absolute atomic E-state index is 14.1. The van der Waals surface area contributed by atoms with Crippen LogP contribution in [0.1, 0.15) is 66.6 Å². The van der Waals surface area contributed by atoms with Gasteiger partial charge in [-0.3, -0.25) is 14.5 Å². The number of nitrogens with one attached hydrogen (secondary N) is 1. The van der Waals surface area contributed by atoms with Crippen molar-refractivity contribution >= 4 is 34.9 Å². The van der Waals surface area contributed by atoms with Crippen LogP contribution >= 0.6 is 23.2 Å². The second kappa shape index (κ2) is 13.7. The second-order valence-corrected chi connectivity index (χ2v) is 12.7. The second-order valence-electron chi connectivity index (χ2n) is 11.9. The van der Waals surface area contributed by atoms with Gasteiger partial charge < -0.3 is 10.2 Å². The fourth-order valence-corrected chi connectivity index (χ4v) is 7.39. The van der Waals surface area contributed by atoms with Gasteiger partial charge in [0.1, 0.15) is 0 Å². The van der Waals surface area contributed by atoms with Gasteiger partial charge in [0.2, 0.25) is 5.91 Å². The van der Waals surface area contributed by atoms with Crippen molar-refractivity contribution in [2.75, 3.05) is 33.2 Å². The van der Waals surface area contributed by atoms with Gasteiger partial charge >= 0.3 is 0 Å². The van der Waals surface area contributed by atoms with E-state index in [0.717, 1.165) is 63.0 Å². The maximum atomic E-state index is 14.1. The summed E-state index contributed by atoms with van der Waals surface area (Å²) in [6, 6.07) is 26.0. The first-order valence-corrected chi connectivity index (χ1v) is 15.8. The minimum absolute atomic E-state index is 0.0178. The molecule has 0 radical (unpaired) electrons. The van der Waals surface area contributed by atoms with Crippen molar-refractivity contribution in [1.82, 2.24) is 15.1 Å². The first kappa shape index (κ1) is 30.7. The Bertz CT molecular complexity index is 1350. The van der Waals surface area contributed by atoms with E-state index in [1.165, 1.54) is 5.56 Å². The highest BCUT2D eigenvalue weighted by Crippen LogP contribution is 2.43. The number of nitrogens with zero attached hydrogens (tertiary/aromatic N) is 2. The van der Waals surface area contributed by atoms with Gasteiger partial charge in [-0.05, 0) is 74.4 Å². The molecule has 0 aliphatic carbocycles. The van der Waals surface area contributed by atoms with Crippen molar-refractivity contribution in [3.05, 3.63) is 106 Å². The monoisotopic (exact) mass is 605 g/mol. The van der Waals surface area contributed by atoms with Crippen molar-refractivity contribution in [1.29, 1.82) is 0 Å². The van der Waals surface area contributed by atoms with Gasteiger partial charge in [-0.15, -0.1) is 0 Å². The van der Waals surface area contributed by atoms with Gasteiger partial charge in [0.25, 0.3) is 0 Å². The van der Waals surface area contributed by atoms with E-state index in [1.807, 2.05) is 72.6 Å².